The van der Waals surface area contributed by atoms with Gasteiger partial charge < -0.3 is 9.84 Å². The molecule has 0 fully saturated rings. The molecular weight excluding hydrogens is 258 g/mol. The fourth-order valence-corrected chi connectivity index (χ4v) is 1.90. The third-order valence-corrected chi connectivity index (χ3v) is 2.86. The molecule has 1 amide bonds. The number of amides is 1. The van der Waals surface area contributed by atoms with Gasteiger partial charge in [-0.25, -0.2) is 5.84 Å². The zero-order valence-electron chi connectivity index (χ0n) is 11.8. The first-order chi connectivity index (χ1) is 9.71. The first-order valence-electron chi connectivity index (χ1n) is 6.78. The molecule has 0 aliphatic rings. The maximum Gasteiger partial charge on any atom is 0.265 e. The molecule has 1 aromatic rings. The van der Waals surface area contributed by atoms with E-state index in [1.807, 2.05) is 0 Å². The summed E-state index contributed by atoms with van der Waals surface area (Å²) in [5.41, 5.74) is 2.55. The summed E-state index contributed by atoms with van der Waals surface area (Å²) in [4.78, 5) is 13.5. The number of nitrogens with two attached hydrogens (primary N) is 1. The van der Waals surface area contributed by atoms with Crippen molar-refractivity contribution in [3.05, 3.63) is 29.8 Å². The minimum absolute atomic E-state index is 0.145. The number of aliphatic hydroxyl groups is 1. The van der Waals surface area contributed by atoms with Gasteiger partial charge in [0.05, 0.1) is 6.61 Å². The molecule has 1 rings (SSSR count). The van der Waals surface area contributed by atoms with Gasteiger partial charge in [0.1, 0.15) is 12.4 Å². The third kappa shape index (κ3) is 5.56. The van der Waals surface area contributed by atoms with Crippen LogP contribution in [0.4, 0.5) is 0 Å². The molecule has 0 aromatic heterocycles. The number of ether oxygens (including phenoxy) is 1. The molecule has 1 aromatic carbocycles. The van der Waals surface area contributed by atoms with Crippen molar-refractivity contribution < 1.29 is 14.6 Å². The van der Waals surface area contributed by atoms with Gasteiger partial charge in [-0.15, -0.1) is 0 Å². The van der Waals surface area contributed by atoms with Crippen LogP contribution in [0.5, 0.6) is 5.75 Å². The van der Waals surface area contributed by atoms with Crippen molar-refractivity contribution in [1.29, 1.82) is 0 Å². The number of nitrogens with zero attached hydrogens (tertiary/aromatic N) is 1. The Kier molecular flexibility index (Phi) is 7.64. The summed E-state index contributed by atoms with van der Waals surface area (Å²) in [5, 5.41) is 8.97. The van der Waals surface area contributed by atoms with Crippen molar-refractivity contribution in [3.63, 3.8) is 0 Å². The number of aliphatic hydroxyl groups excluding tert-OH is 1. The van der Waals surface area contributed by atoms with Gasteiger partial charge in [-0.2, -0.15) is 0 Å². The number of nitrogens with one attached hydrogen (secondary N) is 1. The normalized spacial score (nSPS) is 10.6. The van der Waals surface area contributed by atoms with E-state index in [4.69, 9.17) is 15.7 Å². The topological polar surface area (TPSA) is 87.8 Å². The van der Waals surface area contributed by atoms with Crippen molar-refractivity contribution >= 4 is 5.91 Å². The zero-order valence-corrected chi connectivity index (χ0v) is 11.8. The SMILES string of the molecule is CCCN(CCO)CCOc1cccc(C(=O)NN)c1. The lowest BCUT2D eigenvalue weighted by Gasteiger charge is -2.20. The highest BCUT2D eigenvalue weighted by Gasteiger charge is 2.06. The van der Waals surface area contributed by atoms with Crippen molar-refractivity contribution in [3.8, 4) is 5.75 Å². The van der Waals surface area contributed by atoms with Crippen LogP contribution in [-0.2, 0) is 0 Å². The van der Waals surface area contributed by atoms with E-state index in [1.165, 1.54) is 0 Å². The Hall–Kier alpha value is -1.63. The molecule has 6 heteroatoms. The maximum atomic E-state index is 11.4. The summed E-state index contributed by atoms with van der Waals surface area (Å²) in [5.74, 6) is 5.38. The van der Waals surface area contributed by atoms with E-state index >= 15 is 0 Å². The van der Waals surface area contributed by atoms with Crippen LogP contribution >= 0.6 is 0 Å². The molecule has 0 heterocycles. The van der Waals surface area contributed by atoms with Crippen LogP contribution < -0.4 is 16.0 Å². The Morgan fingerprint density at radius 3 is 2.85 bits per heavy atom. The molecule has 6 nitrogen and oxygen atoms in total. The van der Waals surface area contributed by atoms with E-state index in [-0.39, 0.29) is 12.5 Å². The van der Waals surface area contributed by atoms with Crippen LogP contribution in [0.15, 0.2) is 24.3 Å². The molecular formula is C14H23N3O3. The van der Waals surface area contributed by atoms with E-state index in [0.29, 0.717) is 24.5 Å². The quantitative estimate of drug-likeness (QED) is 0.346. The molecule has 0 radical (unpaired) electrons. The summed E-state index contributed by atoms with van der Waals surface area (Å²) in [6.07, 6.45) is 1.03. The summed E-state index contributed by atoms with van der Waals surface area (Å²) in [7, 11) is 0. The highest BCUT2D eigenvalue weighted by molar-refractivity contribution is 5.94. The van der Waals surface area contributed by atoms with Crippen LogP contribution in [0.3, 0.4) is 0 Å². The summed E-state index contributed by atoms with van der Waals surface area (Å²) in [6, 6.07) is 6.86. The first kappa shape index (κ1) is 16.4. The monoisotopic (exact) mass is 281 g/mol. The van der Waals surface area contributed by atoms with Gasteiger partial charge in [-0.05, 0) is 31.2 Å². The second-order valence-electron chi connectivity index (χ2n) is 4.42. The van der Waals surface area contributed by atoms with Gasteiger partial charge in [0.25, 0.3) is 5.91 Å². The Morgan fingerprint density at radius 1 is 1.40 bits per heavy atom. The number of rotatable bonds is 9. The van der Waals surface area contributed by atoms with Gasteiger partial charge in [0, 0.05) is 18.7 Å². The smallest absolute Gasteiger partial charge is 0.265 e. The average molecular weight is 281 g/mol. The molecule has 0 saturated heterocycles. The highest BCUT2D eigenvalue weighted by Crippen LogP contribution is 2.13. The predicted molar refractivity (Wildman–Crippen MR) is 77.4 cm³/mol. The molecule has 0 aliphatic heterocycles. The van der Waals surface area contributed by atoms with Crippen LogP contribution in [0.1, 0.15) is 23.7 Å². The Morgan fingerprint density at radius 2 is 2.20 bits per heavy atom. The van der Waals surface area contributed by atoms with Gasteiger partial charge in [0.15, 0.2) is 0 Å². The number of hydrogen-bond donors (Lipinski definition) is 3. The lowest BCUT2D eigenvalue weighted by molar-refractivity contribution is 0.0953. The van der Waals surface area contributed by atoms with Gasteiger partial charge in [-0.1, -0.05) is 13.0 Å². The van der Waals surface area contributed by atoms with E-state index in [9.17, 15) is 4.79 Å². The van der Waals surface area contributed by atoms with Crippen LogP contribution in [0.25, 0.3) is 0 Å². The third-order valence-electron chi connectivity index (χ3n) is 2.86. The molecule has 112 valence electrons. The van der Waals surface area contributed by atoms with E-state index in [0.717, 1.165) is 19.5 Å². The van der Waals surface area contributed by atoms with Crippen LogP contribution in [0, 0.1) is 0 Å². The minimum atomic E-state index is -0.344. The number of hydrogen-bond acceptors (Lipinski definition) is 5. The number of benzene rings is 1. The van der Waals surface area contributed by atoms with Crippen LogP contribution in [0.2, 0.25) is 0 Å². The molecule has 0 unspecified atom stereocenters. The number of carbonyl (C=O) groups is 1. The van der Waals surface area contributed by atoms with Gasteiger partial charge >= 0.3 is 0 Å². The number of nitrogen functional groups attached to an aromatic ring is 1. The Labute approximate surface area is 119 Å². The standard InChI is InChI=1S/C14H23N3O3/c1-2-6-17(7-9-18)8-10-20-13-5-3-4-12(11-13)14(19)16-15/h3-5,11,18H,2,6-10,15H2,1H3,(H,16,19). The molecule has 4 N–H and O–H groups in total. The maximum absolute atomic E-state index is 11.4. The summed E-state index contributed by atoms with van der Waals surface area (Å²) in [6.45, 7) is 5.06. The second kappa shape index (κ2) is 9.30. The minimum Gasteiger partial charge on any atom is -0.492 e. The molecule has 0 atom stereocenters. The lowest BCUT2D eigenvalue weighted by Crippen LogP contribution is -2.32. The lowest BCUT2D eigenvalue weighted by atomic mass is 10.2. The average Bonchev–Trinajstić information content (AvgIpc) is 2.47. The van der Waals surface area contributed by atoms with E-state index < -0.39 is 0 Å². The van der Waals surface area contributed by atoms with E-state index in [1.54, 1.807) is 24.3 Å². The number of carbonyl (C=O) groups excluding carboxylic acids is 1. The zero-order chi connectivity index (χ0) is 14.8. The largest absolute Gasteiger partial charge is 0.492 e. The highest BCUT2D eigenvalue weighted by atomic mass is 16.5. The van der Waals surface area contributed by atoms with Crippen molar-refractivity contribution in [2.75, 3.05) is 32.8 Å². The molecule has 0 spiro atoms. The van der Waals surface area contributed by atoms with Crippen molar-refractivity contribution in [2.24, 2.45) is 5.84 Å². The summed E-state index contributed by atoms with van der Waals surface area (Å²) >= 11 is 0. The van der Waals surface area contributed by atoms with Gasteiger partial charge in [0.2, 0.25) is 0 Å². The Balaban J connectivity index is 2.46. The van der Waals surface area contributed by atoms with Crippen LogP contribution in [-0.4, -0.2) is 48.8 Å². The molecule has 0 aliphatic carbocycles. The predicted octanol–water partition coefficient (Wildman–Crippen LogP) is 0.373. The Bertz CT molecular complexity index is 406. The molecule has 0 saturated carbocycles. The molecule has 0 bridgehead atoms. The summed E-state index contributed by atoms with van der Waals surface area (Å²) < 4.78 is 5.62. The molecule has 20 heavy (non-hydrogen) atoms. The van der Waals surface area contributed by atoms with E-state index in [2.05, 4.69) is 17.2 Å². The first-order valence-corrected chi connectivity index (χ1v) is 6.78. The number of hydrazine groups is 1. The fourth-order valence-electron chi connectivity index (χ4n) is 1.90. The van der Waals surface area contributed by atoms with Crippen molar-refractivity contribution in [2.45, 2.75) is 13.3 Å². The fraction of sp³-hybridized carbons (Fsp3) is 0.500. The van der Waals surface area contributed by atoms with Crippen molar-refractivity contribution in [1.82, 2.24) is 10.3 Å². The van der Waals surface area contributed by atoms with Gasteiger partial charge in [-0.3, -0.25) is 15.1 Å². The second-order valence-corrected chi connectivity index (χ2v) is 4.42.